The van der Waals surface area contributed by atoms with Gasteiger partial charge in [0.1, 0.15) is 5.51 Å². The summed E-state index contributed by atoms with van der Waals surface area (Å²) in [7, 11) is 0. The molecule has 0 saturated carbocycles. The van der Waals surface area contributed by atoms with Gasteiger partial charge >= 0.3 is 0 Å². The second kappa shape index (κ2) is 6.14. The third-order valence-corrected chi connectivity index (χ3v) is 4.96. The van der Waals surface area contributed by atoms with E-state index >= 15 is 0 Å². The van der Waals surface area contributed by atoms with Gasteiger partial charge in [-0.2, -0.15) is 0 Å². The molecule has 0 bridgehead atoms. The van der Waals surface area contributed by atoms with Crippen molar-refractivity contribution in [3.8, 4) is 0 Å². The molecular weight excluding hydrogens is 296 g/mol. The average Bonchev–Trinajstić information content (AvgIpc) is 3.09. The summed E-state index contributed by atoms with van der Waals surface area (Å²) in [5, 5.41) is 14.1. The number of rotatable bonds is 5. The van der Waals surface area contributed by atoms with E-state index < -0.39 is 0 Å². The van der Waals surface area contributed by atoms with E-state index in [0.29, 0.717) is 0 Å². The summed E-state index contributed by atoms with van der Waals surface area (Å²) in [5.74, 6) is 0.822. The topological polar surface area (TPSA) is 50.7 Å². The molecular formula is C12H10N4S3. The number of thiazole rings is 1. The number of nitrogens with one attached hydrogen (secondary N) is 1. The van der Waals surface area contributed by atoms with Gasteiger partial charge in [-0.15, -0.1) is 21.5 Å². The second-order valence-corrected chi connectivity index (χ2v) is 6.54. The Morgan fingerprint density at radius 3 is 2.84 bits per heavy atom. The lowest BCUT2D eigenvalue weighted by molar-refractivity contribution is 1.01. The standard InChI is InChI=1S/C12H10N4S3/c1-2-4-9(5-3-1)14-11-15-10(6-17-11)7-18-12-16-13-8-19-12/h1-6,8H,7H2,(H,14,15). The van der Waals surface area contributed by atoms with Crippen LogP contribution in [0.2, 0.25) is 0 Å². The van der Waals surface area contributed by atoms with Gasteiger partial charge in [0.25, 0.3) is 0 Å². The molecule has 3 aromatic rings. The molecule has 1 N–H and O–H groups in total. The Labute approximate surface area is 122 Å². The summed E-state index contributed by atoms with van der Waals surface area (Å²) in [6.07, 6.45) is 0. The van der Waals surface area contributed by atoms with Gasteiger partial charge in [-0.1, -0.05) is 41.3 Å². The summed E-state index contributed by atoms with van der Waals surface area (Å²) in [6, 6.07) is 10.1. The van der Waals surface area contributed by atoms with E-state index in [4.69, 9.17) is 0 Å². The van der Waals surface area contributed by atoms with E-state index in [9.17, 15) is 0 Å². The number of hydrogen-bond acceptors (Lipinski definition) is 7. The average molecular weight is 306 g/mol. The molecule has 2 heterocycles. The Balaban J connectivity index is 1.60. The lowest BCUT2D eigenvalue weighted by Gasteiger charge is -2.00. The number of nitrogens with zero attached hydrogens (tertiary/aromatic N) is 3. The SMILES string of the molecule is c1ccc(Nc2nc(CSc3nncs3)cs2)cc1. The third-order valence-electron chi connectivity index (χ3n) is 2.26. The fourth-order valence-corrected chi connectivity index (χ4v) is 3.65. The molecule has 0 radical (unpaired) electrons. The lowest BCUT2D eigenvalue weighted by atomic mass is 10.3. The van der Waals surface area contributed by atoms with Crippen molar-refractivity contribution < 1.29 is 0 Å². The molecule has 0 aliphatic carbocycles. The highest BCUT2D eigenvalue weighted by Crippen LogP contribution is 2.26. The molecule has 7 heteroatoms. The second-order valence-electron chi connectivity index (χ2n) is 3.63. The zero-order chi connectivity index (χ0) is 12.9. The molecule has 0 aliphatic heterocycles. The first-order valence-corrected chi connectivity index (χ1v) is 8.30. The van der Waals surface area contributed by atoms with Crippen LogP contribution < -0.4 is 5.32 Å². The van der Waals surface area contributed by atoms with Crippen LogP contribution in [0.25, 0.3) is 0 Å². The number of hydrogen-bond donors (Lipinski definition) is 1. The van der Waals surface area contributed by atoms with Crippen molar-refractivity contribution in [1.29, 1.82) is 0 Å². The number of benzene rings is 1. The maximum atomic E-state index is 4.55. The quantitative estimate of drug-likeness (QED) is 0.721. The van der Waals surface area contributed by atoms with E-state index in [1.165, 1.54) is 0 Å². The Morgan fingerprint density at radius 2 is 2.05 bits per heavy atom. The molecule has 0 atom stereocenters. The van der Waals surface area contributed by atoms with E-state index in [1.54, 1.807) is 39.9 Å². The minimum Gasteiger partial charge on any atom is -0.332 e. The molecule has 96 valence electrons. The van der Waals surface area contributed by atoms with E-state index in [-0.39, 0.29) is 0 Å². The van der Waals surface area contributed by atoms with Crippen molar-refractivity contribution in [2.75, 3.05) is 5.32 Å². The van der Waals surface area contributed by atoms with Crippen LogP contribution in [0, 0.1) is 0 Å². The van der Waals surface area contributed by atoms with Crippen molar-refractivity contribution in [1.82, 2.24) is 15.2 Å². The fraction of sp³-hybridized carbons (Fsp3) is 0.0833. The monoisotopic (exact) mass is 306 g/mol. The van der Waals surface area contributed by atoms with Crippen LogP contribution in [0.5, 0.6) is 0 Å². The third kappa shape index (κ3) is 3.52. The highest BCUT2D eigenvalue weighted by molar-refractivity contribution is 8.00. The van der Waals surface area contributed by atoms with Gasteiger partial charge < -0.3 is 5.32 Å². The Morgan fingerprint density at radius 1 is 1.16 bits per heavy atom. The molecule has 3 rings (SSSR count). The first-order valence-electron chi connectivity index (χ1n) is 5.55. The molecule has 1 aromatic carbocycles. The van der Waals surface area contributed by atoms with Gasteiger partial charge in [0.05, 0.1) is 5.69 Å². The molecule has 19 heavy (non-hydrogen) atoms. The molecule has 0 saturated heterocycles. The largest absolute Gasteiger partial charge is 0.332 e. The summed E-state index contributed by atoms with van der Waals surface area (Å²) in [5.41, 5.74) is 3.86. The van der Waals surface area contributed by atoms with Crippen molar-refractivity contribution in [3.63, 3.8) is 0 Å². The van der Waals surface area contributed by atoms with Crippen LogP contribution in [0.15, 0.2) is 45.6 Å². The summed E-state index contributed by atoms with van der Waals surface area (Å²) in [6.45, 7) is 0. The zero-order valence-corrected chi connectivity index (χ0v) is 12.3. The normalized spacial score (nSPS) is 10.5. The van der Waals surface area contributed by atoms with Gasteiger partial charge in [0.2, 0.25) is 0 Å². The maximum Gasteiger partial charge on any atom is 0.187 e. The van der Waals surface area contributed by atoms with Crippen molar-refractivity contribution in [2.45, 2.75) is 10.1 Å². The maximum absolute atomic E-state index is 4.55. The van der Waals surface area contributed by atoms with Crippen LogP contribution in [0.4, 0.5) is 10.8 Å². The molecule has 0 amide bonds. The van der Waals surface area contributed by atoms with E-state index in [2.05, 4.69) is 25.9 Å². The van der Waals surface area contributed by atoms with E-state index in [0.717, 1.165) is 26.6 Å². The molecule has 0 fully saturated rings. The Bertz CT molecular complexity index is 621. The van der Waals surface area contributed by atoms with Crippen molar-refractivity contribution in [2.24, 2.45) is 0 Å². The lowest BCUT2D eigenvalue weighted by Crippen LogP contribution is -1.89. The Kier molecular flexibility index (Phi) is 4.07. The predicted molar refractivity (Wildman–Crippen MR) is 81.3 cm³/mol. The molecule has 0 spiro atoms. The van der Waals surface area contributed by atoms with Gasteiger partial charge in [-0.25, -0.2) is 4.98 Å². The first-order chi connectivity index (χ1) is 9.40. The van der Waals surface area contributed by atoms with Crippen LogP contribution in [-0.4, -0.2) is 15.2 Å². The highest BCUT2D eigenvalue weighted by Gasteiger charge is 2.04. The molecule has 2 aromatic heterocycles. The number of thioether (sulfide) groups is 1. The minimum absolute atomic E-state index is 0.822. The van der Waals surface area contributed by atoms with Gasteiger partial charge in [-0.3, -0.25) is 0 Å². The summed E-state index contributed by atoms with van der Waals surface area (Å²) < 4.78 is 0.977. The van der Waals surface area contributed by atoms with Gasteiger partial charge in [0, 0.05) is 16.8 Å². The van der Waals surface area contributed by atoms with Crippen molar-refractivity contribution >= 4 is 45.3 Å². The van der Waals surface area contributed by atoms with Gasteiger partial charge in [0.15, 0.2) is 9.47 Å². The Hall–Kier alpha value is -1.44. The molecule has 0 aliphatic rings. The number of anilines is 2. The first kappa shape index (κ1) is 12.6. The van der Waals surface area contributed by atoms with Crippen molar-refractivity contribution in [3.05, 3.63) is 46.9 Å². The van der Waals surface area contributed by atoms with Crippen LogP contribution in [0.3, 0.4) is 0 Å². The van der Waals surface area contributed by atoms with Crippen LogP contribution in [-0.2, 0) is 5.75 Å². The summed E-state index contributed by atoms with van der Waals surface area (Å²) >= 11 is 4.83. The van der Waals surface area contributed by atoms with E-state index in [1.807, 2.05) is 30.3 Å². The smallest absolute Gasteiger partial charge is 0.187 e. The fourth-order valence-electron chi connectivity index (χ4n) is 1.44. The zero-order valence-electron chi connectivity index (χ0n) is 9.81. The van der Waals surface area contributed by atoms with Crippen LogP contribution in [0.1, 0.15) is 5.69 Å². The number of aromatic nitrogens is 3. The predicted octanol–water partition coefficient (Wildman–Crippen LogP) is 4.03. The summed E-state index contributed by atoms with van der Waals surface area (Å²) in [4.78, 5) is 4.55. The molecule has 0 unspecified atom stereocenters. The number of para-hydroxylation sites is 1. The van der Waals surface area contributed by atoms with Gasteiger partial charge in [-0.05, 0) is 12.1 Å². The van der Waals surface area contributed by atoms with Crippen LogP contribution >= 0.6 is 34.4 Å². The molecule has 4 nitrogen and oxygen atoms in total. The highest BCUT2D eigenvalue weighted by atomic mass is 32.2. The minimum atomic E-state index is 0.822.